The number of rotatable bonds is 6. The number of benzene rings is 1. The molecule has 1 aliphatic heterocycles. The number of halogens is 1. The van der Waals surface area contributed by atoms with Gasteiger partial charge >= 0.3 is 0 Å². The van der Waals surface area contributed by atoms with Gasteiger partial charge in [0.05, 0.1) is 12.7 Å². The van der Waals surface area contributed by atoms with Crippen LogP contribution in [0.4, 0.5) is 4.39 Å². The summed E-state index contributed by atoms with van der Waals surface area (Å²) < 4.78 is 18.8. The molecule has 2 heteroatoms. The summed E-state index contributed by atoms with van der Waals surface area (Å²) in [5.41, 5.74) is 1.12. The zero-order valence-electron chi connectivity index (χ0n) is 11.9. The molecule has 0 saturated carbocycles. The fourth-order valence-corrected chi connectivity index (χ4v) is 2.83. The topological polar surface area (TPSA) is 9.23 Å². The molecule has 1 aromatic rings. The van der Waals surface area contributed by atoms with Crippen LogP contribution in [-0.2, 0) is 4.74 Å². The standard InChI is InChI=1S/C17H25FO/c1-2-3-4-5-6-14-7-12-17(19-13-14)15-8-10-16(18)11-9-15/h8-11,14,17H,2-7,12-13H2,1H3. The van der Waals surface area contributed by atoms with Crippen molar-refractivity contribution in [3.8, 4) is 0 Å². The highest BCUT2D eigenvalue weighted by Gasteiger charge is 2.22. The van der Waals surface area contributed by atoms with Gasteiger partial charge < -0.3 is 4.74 Å². The maximum Gasteiger partial charge on any atom is 0.123 e. The van der Waals surface area contributed by atoms with Crippen LogP contribution in [0, 0.1) is 11.7 Å². The lowest BCUT2D eigenvalue weighted by atomic mass is 9.91. The van der Waals surface area contributed by atoms with Crippen LogP contribution in [0.5, 0.6) is 0 Å². The highest BCUT2D eigenvalue weighted by Crippen LogP contribution is 2.32. The Kier molecular flexibility index (Phi) is 5.84. The summed E-state index contributed by atoms with van der Waals surface area (Å²) in [6.07, 6.45) is 9.14. The molecule has 1 aromatic carbocycles. The van der Waals surface area contributed by atoms with Crippen molar-refractivity contribution in [2.75, 3.05) is 6.61 Å². The van der Waals surface area contributed by atoms with Crippen LogP contribution < -0.4 is 0 Å². The summed E-state index contributed by atoms with van der Waals surface area (Å²) in [5, 5.41) is 0. The van der Waals surface area contributed by atoms with Crippen molar-refractivity contribution < 1.29 is 9.13 Å². The fraction of sp³-hybridized carbons (Fsp3) is 0.647. The SMILES string of the molecule is CCCCCCC1CCC(c2ccc(F)cc2)OC1. The van der Waals surface area contributed by atoms with Gasteiger partial charge in [-0.25, -0.2) is 4.39 Å². The van der Waals surface area contributed by atoms with E-state index in [-0.39, 0.29) is 11.9 Å². The molecule has 19 heavy (non-hydrogen) atoms. The molecule has 1 nitrogen and oxygen atoms in total. The van der Waals surface area contributed by atoms with E-state index in [0.29, 0.717) is 0 Å². The van der Waals surface area contributed by atoms with Gasteiger partial charge in [-0.05, 0) is 42.9 Å². The predicted octanol–water partition coefficient (Wildman–Crippen LogP) is 5.26. The van der Waals surface area contributed by atoms with Gasteiger partial charge in [0.25, 0.3) is 0 Å². The first-order chi connectivity index (χ1) is 9.29. The molecule has 1 saturated heterocycles. The minimum absolute atomic E-state index is 0.173. The molecule has 0 bridgehead atoms. The van der Waals surface area contributed by atoms with Gasteiger partial charge in [-0.15, -0.1) is 0 Å². The summed E-state index contributed by atoms with van der Waals surface area (Å²) in [7, 11) is 0. The average Bonchev–Trinajstić information content (AvgIpc) is 2.45. The van der Waals surface area contributed by atoms with E-state index in [1.165, 1.54) is 50.7 Å². The van der Waals surface area contributed by atoms with E-state index in [1.54, 1.807) is 0 Å². The Bertz CT molecular complexity index is 352. The van der Waals surface area contributed by atoms with Crippen molar-refractivity contribution in [2.45, 2.75) is 58.0 Å². The zero-order valence-corrected chi connectivity index (χ0v) is 11.9. The molecule has 0 N–H and O–H groups in total. The van der Waals surface area contributed by atoms with E-state index in [4.69, 9.17) is 4.74 Å². The van der Waals surface area contributed by atoms with Crippen LogP contribution in [0.2, 0.25) is 0 Å². The summed E-state index contributed by atoms with van der Waals surface area (Å²) in [4.78, 5) is 0. The quantitative estimate of drug-likeness (QED) is 0.636. The average molecular weight is 264 g/mol. The third-order valence-corrected chi connectivity index (χ3v) is 4.08. The monoisotopic (exact) mass is 264 g/mol. The molecule has 0 aromatic heterocycles. The number of hydrogen-bond acceptors (Lipinski definition) is 1. The Hall–Kier alpha value is -0.890. The van der Waals surface area contributed by atoms with Crippen molar-refractivity contribution >= 4 is 0 Å². The summed E-state index contributed by atoms with van der Waals surface area (Å²) in [6, 6.07) is 6.74. The number of hydrogen-bond donors (Lipinski definition) is 0. The first-order valence-corrected chi connectivity index (χ1v) is 7.66. The van der Waals surface area contributed by atoms with E-state index in [2.05, 4.69) is 6.92 Å². The van der Waals surface area contributed by atoms with Gasteiger partial charge in [0.2, 0.25) is 0 Å². The van der Waals surface area contributed by atoms with Crippen molar-refractivity contribution in [1.29, 1.82) is 0 Å². The van der Waals surface area contributed by atoms with Crippen molar-refractivity contribution in [3.63, 3.8) is 0 Å². The predicted molar refractivity (Wildman–Crippen MR) is 76.6 cm³/mol. The minimum Gasteiger partial charge on any atom is -0.373 e. The number of ether oxygens (including phenoxy) is 1. The van der Waals surface area contributed by atoms with Crippen LogP contribution in [0.1, 0.15) is 63.5 Å². The Morgan fingerprint density at radius 1 is 1.11 bits per heavy atom. The van der Waals surface area contributed by atoms with Crippen molar-refractivity contribution in [2.24, 2.45) is 5.92 Å². The van der Waals surface area contributed by atoms with E-state index < -0.39 is 0 Å². The van der Waals surface area contributed by atoms with E-state index >= 15 is 0 Å². The molecule has 1 heterocycles. The second kappa shape index (κ2) is 7.64. The lowest BCUT2D eigenvalue weighted by Crippen LogP contribution is -2.20. The van der Waals surface area contributed by atoms with E-state index in [9.17, 15) is 4.39 Å². The fourth-order valence-electron chi connectivity index (χ4n) is 2.83. The highest BCUT2D eigenvalue weighted by molar-refractivity contribution is 5.19. The Morgan fingerprint density at radius 2 is 1.89 bits per heavy atom. The van der Waals surface area contributed by atoms with Gasteiger partial charge in [-0.1, -0.05) is 44.7 Å². The molecular formula is C17H25FO. The lowest BCUT2D eigenvalue weighted by Gasteiger charge is -2.29. The van der Waals surface area contributed by atoms with Crippen LogP contribution in [0.15, 0.2) is 24.3 Å². The Labute approximate surface area is 116 Å². The number of unbranched alkanes of at least 4 members (excludes halogenated alkanes) is 3. The molecule has 1 aliphatic rings. The molecular weight excluding hydrogens is 239 g/mol. The second-order valence-corrected chi connectivity index (χ2v) is 5.67. The van der Waals surface area contributed by atoms with Gasteiger partial charge in [-0.3, -0.25) is 0 Å². The third-order valence-electron chi connectivity index (χ3n) is 4.08. The van der Waals surface area contributed by atoms with Crippen LogP contribution in [-0.4, -0.2) is 6.61 Å². The van der Waals surface area contributed by atoms with Crippen LogP contribution in [0.25, 0.3) is 0 Å². The third kappa shape index (κ3) is 4.61. The smallest absolute Gasteiger partial charge is 0.123 e. The first-order valence-electron chi connectivity index (χ1n) is 7.66. The lowest BCUT2D eigenvalue weighted by molar-refractivity contribution is -0.0199. The summed E-state index contributed by atoms with van der Waals surface area (Å²) >= 11 is 0. The minimum atomic E-state index is -0.173. The molecule has 106 valence electrons. The van der Waals surface area contributed by atoms with E-state index in [0.717, 1.165) is 24.5 Å². The normalized spacial score (nSPS) is 23.5. The molecule has 1 fully saturated rings. The highest BCUT2D eigenvalue weighted by atomic mass is 19.1. The molecule has 2 unspecified atom stereocenters. The summed E-state index contributed by atoms with van der Waals surface area (Å²) in [6.45, 7) is 3.12. The van der Waals surface area contributed by atoms with Gasteiger partial charge in [0, 0.05) is 0 Å². The molecule has 0 radical (unpaired) electrons. The molecule has 0 spiro atoms. The van der Waals surface area contributed by atoms with Crippen LogP contribution >= 0.6 is 0 Å². The Balaban J connectivity index is 1.71. The molecule has 0 aliphatic carbocycles. The maximum absolute atomic E-state index is 12.9. The Morgan fingerprint density at radius 3 is 2.53 bits per heavy atom. The maximum atomic E-state index is 12.9. The van der Waals surface area contributed by atoms with Gasteiger partial charge in [-0.2, -0.15) is 0 Å². The van der Waals surface area contributed by atoms with Gasteiger partial charge in [0.15, 0.2) is 0 Å². The largest absolute Gasteiger partial charge is 0.373 e. The molecule has 2 rings (SSSR count). The molecule has 0 amide bonds. The van der Waals surface area contributed by atoms with E-state index in [1.807, 2.05) is 12.1 Å². The second-order valence-electron chi connectivity index (χ2n) is 5.67. The van der Waals surface area contributed by atoms with Crippen molar-refractivity contribution in [3.05, 3.63) is 35.6 Å². The zero-order chi connectivity index (χ0) is 13.5. The van der Waals surface area contributed by atoms with Gasteiger partial charge in [0.1, 0.15) is 5.82 Å². The van der Waals surface area contributed by atoms with Crippen LogP contribution in [0.3, 0.4) is 0 Å². The van der Waals surface area contributed by atoms with Crippen molar-refractivity contribution in [1.82, 2.24) is 0 Å². The summed E-state index contributed by atoms with van der Waals surface area (Å²) in [5.74, 6) is 0.557. The first kappa shape index (κ1) is 14.5. The molecule has 2 atom stereocenters.